The van der Waals surface area contributed by atoms with Gasteiger partial charge in [0, 0.05) is 12.0 Å². The summed E-state index contributed by atoms with van der Waals surface area (Å²) < 4.78 is 0. The second-order valence-electron chi connectivity index (χ2n) is 1.96. The Morgan fingerprint density at radius 2 is 2.62 bits per heavy atom. The molecule has 0 heteroatoms. The summed E-state index contributed by atoms with van der Waals surface area (Å²) in [7, 11) is 0. The molecule has 0 aliphatic heterocycles. The molecule has 8 heavy (non-hydrogen) atoms. The predicted octanol–water partition coefficient (Wildman–Crippen LogP) is 2.49. The molecule has 0 aromatic heterocycles. The highest BCUT2D eigenvalue weighted by molar-refractivity contribution is 5.25. The molecule has 0 heterocycles. The lowest BCUT2D eigenvalue weighted by Crippen LogP contribution is -1.81. The molecule has 1 rings (SSSR count). The summed E-state index contributed by atoms with van der Waals surface area (Å²) in [5.74, 6) is 0. The average molecular weight is 107 g/mol. The minimum atomic E-state index is 1.12. The molecule has 0 fully saturated rings. The van der Waals surface area contributed by atoms with E-state index in [4.69, 9.17) is 0 Å². The molecule has 42 valence electrons. The smallest absolute Gasteiger partial charge is 0.0595 e. The maximum atomic E-state index is 2.26. The molecule has 0 saturated heterocycles. The molecule has 0 spiro atoms. The van der Waals surface area contributed by atoms with Crippen LogP contribution in [0.3, 0.4) is 0 Å². The van der Waals surface area contributed by atoms with Gasteiger partial charge in [0.15, 0.2) is 0 Å². The Balaban J connectivity index is 2.51. The molecular weight excluding hydrogens is 96.1 g/mol. The van der Waals surface area contributed by atoms with Crippen molar-refractivity contribution in [3.05, 3.63) is 30.2 Å². The molecule has 0 aromatic carbocycles. The molecule has 0 aromatic rings. The van der Waals surface area contributed by atoms with Crippen LogP contribution in [0.2, 0.25) is 0 Å². The summed E-state index contributed by atoms with van der Waals surface area (Å²) in [6.07, 6.45) is 11.0. The monoisotopic (exact) mass is 107 g/mol. The van der Waals surface area contributed by atoms with Gasteiger partial charge in [-0.25, -0.2) is 0 Å². The molecule has 0 amide bonds. The van der Waals surface area contributed by atoms with Crippen LogP contribution in [0.1, 0.15) is 19.8 Å². The van der Waals surface area contributed by atoms with E-state index in [1.807, 2.05) is 0 Å². The lowest BCUT2D eigenvalue weighted by atomic mass is 10.1. The highest BCUT2D eigenvalue weighted by Crippen LogP contribution is 2.10. The molecule has 0 N–H and O–H groups in total. The highest BCUT2D eigenvalue weighted by atomic mass is 14.0. The summed E-state index contributed by atoms with van der Waals surface area (Å²) in [5, 5.41) is 0. The van der Waals surface area contributed by atoms with Gasteiger partial charge in [-0.3, -0.25) is 0 Å². The van der Waals surface area contributed by atoms with Crippen LogP contribution in [0, 0.1) is 6.42 Å². The van der Waals surface area contributed by atoms with Crippen LogP contribution < -0.4 is 0 Å². The first kappa shape index (κ1) is 5.49. The van der Waals surface area contributed by atoms with Gasteiger partial charge in [-0.05, 0) is 12.5 Å². The molecule has 0 radical (unpaired) electrons. The van der Waals surface area contributed by atoms with Gasteiger partial charge >= 0.3 is 0 Å². The van der Waals surface area contributed by atoms with E-state index in [2.05, 4.69) is 31.6 Å². The third kappa shape index (κ3) is 1.16. The zero-order chi connectivity index (χ0) is 5.82. The van der Waals surface area contributed by atoms with Crippen molar-refractivity contribution in [1.82, 2.24) is 0 Å². The van der Waals surface area contributed by atoms with Crippen molar-refractivity contribution in [2.24, 2.45) is 0 Å². The van der Waals surface area contributed by atoms with E-state index in [-0.39, 0.29) is 0 Å². The van der Waals surface area contributed by atoms with Crippen LogP contribution in [0.15, 0.2) is 23.8 Å². The Labute approximate surface area is 50.9 Å². The van der Waals surface area contributed by atoms with Crippen LogP contribution in [0.25, 0.3) is 0 Å². The summed E-state index contributed by atoms with van der Waals surface area (Å²) in [6, 6.07) is 0. The summed E-state index contributed by atoms with van der Waals surface area (Å²) in [6.45, 7) is 2.18. The molecule has 1 aliphatic rings. The zero-order valence-corrected chi connectivity index (χ0v) is 5.22. The van der Waals surface area contributed by atoms with E-state index in [1.54, 1.807) is 0 Å². The second kappa shape index (κ2) is 2.61. The molecule has 0 saturated carbocycles. The van der Waals surface area contributed by atoms with Gasteiger partial charge in [0.05, 0.1) is 18.6 Å². The maximum Gasteiger partial charge on any atom is 0.0946 e. The van der Waals surface area contributed by atoms with Crippen LogP contribution in [-0.4, -0.2) is 0 Å². The van der Waals surface area contributed by atoms with Gasteiger partial charge in [0.25, 0.3) is 0 Å². The van der Waals surface area contributed by atoms with Gasteiger partial charge in [0.1, 0.15) is 0 Å². The Kier molecular flexibility index (Phi) is 1.79. The molecule has 0 bridgehead atoms. The number of hydrogen-bond donors (Lipinski definition) is 0. The topological polar surface area (TPSA) is 0 Å². The van der Waals surface area contributed by atoms with E-state index in [9.17, 15) is 0 Å². The average Bonchev–Trinajstić information content (AvgIpc) is 1.90. The second-order valence-corrected chi connectivity index (χ2v) is 1.96. The van der Waals surface area contributed by atoms with Crippen LogP contribution >= 0.6 is 0 Å². The van der Waals surface area contributed by atoms with Gasteiger partial charge in [-0.1, -0.05) is 6.92 Å². The van der Waals surface area contributed by atoms with Crippen molar-refractivity contribution >= 4 is 0 Å². The first-order chi connectivity index (χ1) is 3.93. The Hall–Kier alpha value is -0.650. The van der Waals surface area contributed by atoms with Crippen molar-refractivity contribution in [3.63, 3.8) is 0 Å². The molecule has 1 aliphatic carbocycles. The first-order valence-electron chi connectivity index (χ1n) is 3.12. The van der Waals surface area contributed by atoms with E-state index in [1.165, 1.54) is 12.0 Å². The Bertz CT molecular complexity index is 118. The van der Waals surface area contributed by atoms with E-state index in [0.717, 1.165) is 6.42 Å². The molecule has 0 unspecified atom stereocenters. The summed E-state index contributed by atoms with van der Waals surface area (Å²) in [4.78, 5) is 0. The molecule has 0 atom stereocenters. The SMILES string of the molecule is CCC1=CC[CH+]C=C1. The quantitative estimate of drug-likeness (QED) is 0.451. The van der Waals surface area contributed by atoms with Gasteiger partial charge in [0.2, 0.25) is 0 Å². The first-order valence-corrected chi connectivity index (χ1v) is 3.12. The lowest BCUT2D eigenvalue weighted by Gasteiger charge is -1.92. The third-order valence-electron chi connectivity index (χ3n) is 1.37. The lowest BCUT2D eigenvalue weighted by molar-refractivity contribution is 1.09. The van der Waals surface area contributed by atoms with Crippen LogP contribution in [-0.2, 0) is 0 Å². The van der Waals surface area contributed by atoms with E-state index >= 15 is 0 Å². The van der Waals surface area contributed by atoms with Crippen molar-refractivity contribution < 1.29 is 0 Å². The number of hydrogen-bond acceptors (Lipinski definition) is 0. The van der Waals surface area contributed by atoms with Gasteiger partial charge < -0.3 is 0 Å². The number of allylic oxidation sites excluding steroid dienone is 4. The highest BCUT2D eigenvalue weighted by Gasteiger charge is 1.99. The van der Waals surface area contributed by atoms with Crippen molar-refractivity contribution in [1.29, 1.82) is 0 Å². The predicted molar refractivity (Wildman–Crippen MR) is 36.4 cm³/mol. The fraction of sp³-hybridized carbons (Fsp3) is 0.375. The van der Waals surface area contributed by atoms with Crippen LogP contribution in [0.5, 0.6) is 0 Å². The third-order valence-corrected chi connectivity index (χ3v) is 1.37. The van der Waals surface area contributed by atoms with Gasteiger partial charge in [-0.2, -0.15) is 0 Å². The maximum absolute atomic E-state index is 2.26. The largest absolute Gasteiger partial charge is 0.0946 e. The summed E-state index contributed by atoms with van der Waals surface area (Å²) >= 11 is 0. The minimum absolute atomic E-state index is 1.12. The van der Waals surface area contributed by atoms with Crippen molar-refractivity contribution in [2.75, 3.05) is 0 Å². The number of rotatable bonds is 1. The fourth-order valence-electron chi connectivity index (χ4n) is 0.820. The molecular formula is C8H11+. The minimum Gasteiger partial charge on any atom is -0.0595 e. The van der Waals surface area contributed by atoms with Crippen molar-refractivity contribution in [3.8, 4) is 0 Å². The standard InChI is InChI=1S/C8H11/c1-2-8-6-4-3-5-7-8/h3-4,6-7H,2,5H2,1H3/q+1. The fourth-order valence-corrected chi connectivity index (χ4v) is 0.820. The Morgan fingerprint density at radius 3 is 3.00 bits per heavy atom. The molecule has 0 nitrogen and oxygen atoms in total. The summed E-state index contributed by atoms with van der Waals surface area (Å²) in [5.41, 5.74) is 1.47. The normalized spacial score (nSPS) is 17.4. The van der Waals surface area contributed by atoms with Crippen molar-refractivity contribution in [2.45, 2.75) is 19.8 Å². The zero-order valence-electron chi connectivity index (χ0n) is 5.22. The van der Waals surface area contributed by atoms with E-state index < -0.39 is 0 Å². The van der Waals surface area contributed by atoms with Crippen LogP contribution in [0.4, 0.5) is 0 Å². The van der Waals surface area contributed by atoms with E-state index in [0.29, 0.717) is 0 Å². The van der Waals surface area contributed by atoms with Gasteiger partial charge in [-0.15, -0.1) is 0 Å². The Morgan fingerprint density at radius 1 is 1.75 bits per heavy atom.